The molecule has 2 aliphatic heterocycles. The van der Waals surface area contributed by atoms with Crippen molar-refractivity contribution < 1.29 is 18.0 Å². The molecule has 0 spiro atoms. The molecule has 3 aliphatic rings. The molecule has 2 aromatic rings. The van der Waals surface area contributed by atoms with Gasteiger partial charge in [0.15, 0.2) is 9.84 Å². The molecule has 2 aromatic carbocycles. The van der Waals surface area contributed by atoms with E-state index < -0.39 is 9.84 Å². The van der Waals surface area contributed by atoms with Gasteiger partial charge in [0.05, 0.1) is 16.3 Å². The van der Waals surface area contributed by atoms with Gasteiger partial charge in [0.1, 0.15) is 0 Å². The standard InChI is InChI=1S/C24H25BrN2O4S/c25-20-13-18-8-11-27(24(29)17-5-6-17)23(18)21(14-20)32(30,31)12-9-22(28)26-10-7-16-3-1-2-4-19(16)15-26/h1-4,13-14,17H,5-12,15H2. The highest BCUT2D eigenvalue weighted by Gasteiger charge is 2.39. The molecule has 0 saturated heterocycles. The largest absolute Gasteiger partial charge is 0.338 e. The third-order valence-electron chi connectivity index (χ3n) is 6.59. The van der Waals surface area contributed by atoms with Crippen LogP contribution in [0, 0.1) is 5.92 Å². The second-order valence-electron chi connectivity index (χ2n) is 8.83. The minimum atomic E-state index is -3.75. The molecule has 2 amide bonds. The first kappa shape index (κ1) is 21.6. The zero-order valence-electron chi connectivity index (χ0n) is 17.7. The average Bonchev–Trinajstić information content (AvgIpc) is 3.55. The van der Waals surface area contributed by atoms with E-state index in [0.29, 0.717) is 36.2 Å². The Labute approximate surface area is 196 Å². The smallest absolute Gasteiger partial charge is 0.230 e. The zero-order valence-corrected chi connectivity index (χ0v) is 20.1. The van der Waals surface area contributed by atoms with E-state index in [1.165, 1.54) is 5.56 Å². The molecule has 1 aliphatic carbocycles. The van der Waals surface area contributed by atoms with E-state index in [2.05, 4.69) is 22.0 Å². The molecule has 6 nitrogen and oxygen atoms in total. The molecular formula is C24H25BrN2O4S. The summed E-state index contributed by atoms with van der Waals surface area (Å²) in [6, 6.07) is 11.5. The van der Waals surface area contributed by atoms with Crippen LogP contribution in [0.1, 0.15) is 36.0 Å². The first-order valence-corrected chi connectivity index (χ1v) is 13.5. The van der Waals surface area contributed by atoms with E-state index in [0.717, 1.165) is 30.4 Å². The lowest BCUT2D eigenvalue weighted by molar-refractivity contribution is -0.131. The maximum Gasteiger partial charge on any atom is 0.230 e. The Hall–Kier alpha value is -2.19. The highest BCUT2D eigenvalue weighted by atomic mass is 79.9. The van der Waals surface area contributed by atoms with E-state index in [4.69, 9.17) is 0 Å². The van der Waals surface area contributed by atoms with Crippen LogP contribution < -0.4 is 4.90 Å². The Bertz CT molecular complexity index is 1210. The first-order chi connectivity index (χ1) is 15.3. The molecule has 0 unspecified atom stereocenters. The number of nitrogens with zero attached hydrogens (tertiary/aromatic N) is 2. The number of sulfone groups is 1. The Morgan fingerprint density at radius 2 is 1.72 bits per heavy atom. The molecule has 2 heterocycles. The van der Waals surface area contributed by atoms with E-state index in [1.54, 1.807) is 15.9 Å². The third kappa shape index (κ3) is 4.10. The number of carbonyl (C=O) groups is 2. The topological polar surface area (TPSA) is 74.8 Å². The molecule has 0 N–H and O–H groups in total. The third-order valence-corrected chi connectivity index (χ3v) is 8.77. The molecule has 32 heavy (non-hydrogen) atoms. The fourth-order valence-electron chi connectivity index (χ4n) is 4.68. The Balaban J connectivity index is 1.34. The van der Waals surface area contributed by atoms with E-state index in [9.17, 15) is 18.0 Å². The molecule has 0 radical (unpaired) electrons. The minimum absolute atomic E-state index is 0.0173. The summed E-state index contributed by atoms with van der Waals surface area (Å²) in [5, 5.41) is 0. The van der Waals surface area contributed by atoms with Crippen molar-refractivity contribution in [3.8, 4) is 0 Å². The number of fused-ring (bicyclic) bond motifs is 2. The quantitative estimate of drug-likeness (QED) is 0.609. The number of rotatable bonds is 5. The normalized spacial score (nSPS) is 17.8. The molecule has 8 heteroatoms. The summed E-state index contributed by atoms with van der Waals surface area (Å²) < 4.78 is 27.4. The number of benzene rings is 2. The van der Waals surface area contributed by atoms with Crippen molar-refractivity contribution in [1.29, 1.82) is 0 Å². The van der Waals surface area contributed by atoms with Gasteiger partial charge in [0.25, 0.3) is 0 Å². The molecule has 5 rings (SSSR count). The van der Waals surface area contributed by atoms with Gasteiger partial charge in [-0.25, -0.2) is 8.42 Å². The summed E-state index contributed by atoms with van der Waals surface area (Å²) in [4.78, 5) is 29.2. The Kier molecular flexibility index (Phi) is 5.61. The van der Waals surface area contributed by atoms with Gasteiger partial charge in [-0.2, -0.15) is 0 Å². The summed E-state index contributed by atoms with van der Waals surface area (Å²) in [5.41, 5.74) is 3.75. The predicted octanol–water partition coefficient (Wildman–Crippen LogP) is 3.50. The van der Waals surface area contributed by atoms with Crippen molar-refractivity contribution in [3.05, 3.63) is 57.6 Å². The van der Waals surface area contributed by atoms with Crippen molar-refractivity contribution in [1.82, 2.24) is 4.90 Å². The van der Waals surface area contributed by atoms with Crippen molar-refractivity contribution in [2.75, 3.05) is 23.7 Å². The number of halogens is 1. The molecule has 1 fully saturated rings. The molecule has 0 atom stereocenters. The van der Waals surface area contributed by atoms with Gasteiger partial charge in [0, 0.05) is 36.4 Å². The Morgan fingerprint density at radius 1 is 1.00 bits per heavy atom. The van der Waals surface area contributed by atoms with Gasteiger partial charge in [0.2, 0.25) is 11.8 Å². The lowest BCUT2D eigenvalue weighted by Crippen LogP contribution is -2.36. The fourth-order valence-corrected chi connectivity index (χ4v) is 6.84. The van der Waals surface area contributed by atoms with Gasteiger partial charge in [-0.3, -0.25) is 9.59 Å². The summed E-state index contributed by atoms with van der Waals surface area (Å²) in [7, 11) is -3.75. The zero-order chi connectivity index (χ0) is 22.5. The second-order valence-corrected chi connectivity index (χ2v) is 11.8. The van der Waals surface area contributed by atoms with Crippen molar-refractivity contribution in [3.63, 3.8) is 0 Å². The SMILES string of the molecule is O=C(CCS(=O)(=O)c1cc(Br)cc2c1N(C(=O)C1CC1)CC2)N1CCc2ccccc2C1. The van der Waals surface area contributed by atoms with Gasteiger partial charge in [-0.05, 0) is 54.5 Å². The minimum Gasteiger partial charge on any atom is -0.338 e. The van der Waals surface area contributed by atoms with E-state index in [1.807, 2.05) is 24.3 Å². The lowest BCUT2D eigenvalue weighted by Gasteiger charge is -2.29. The number of anilines is 1. The van der Waals surface area contributed by atoms with Crippen LogP contribution in [0.15, 0.2) is 45.8 Å². The fraction of sp³-hybridized carbons (Fsp3) is 0.417. The lowest BCUT2D eigenvalue weighted by atomic mass is 10.00. The van der Waals surface area contributed by atoms with Crippen molar-refractivity contribution in [2.45, 2.75) is 43.5 Å². The second kappa shape index (κ2) is 8.30. The van der Waals surface area contributed by atoms with E-state index >= 15 is 0 Å². The first-order valence-electron chi connectivity index (χ1n) is 11.0. The van der Waals surface area contributed by atoms with Crippen molar-refractivity contribution >= 4 is 43.3 Å². The van der Waals surface area contributed by atoms with Crippen LogP contribution in [0.3, 0.4) is 0 Å². The van der Waals surface area contributed by atoms with Gasteiger partial charge >= 0.3 is 0 Å². The van der Waals surface area contributed by atoms with Crippen molar-refractivity contribution in [2.24, 2.45) is 5.92 Å². The summed E-state index contributed by atoms with van der Waals surface area (Å²) in [6.07, 6.45) is 3.10. The number of amides is 2. The van der Waals surface area contributed by atoms with Crippen LogP contribution in [0.25, 0.3) is 0 Å². The summed E-state index contributed by atoms with van der Waals surface area (Å²) >= 11 is 3.42. The highest BCUT2D eigenvalue weighted by molar-refractivity contribution is 9.10. The van der Waals surface area contributed by atoms with Crippen LogP contribution in [0.5, 0.6) is 0 Å². The van der Waals surface area contributed by atoms with Gasteiger partial charge < -0.3 is 9.80 Å². The number of hydrogen-bond acceptors (Lipinski definition) is 4. The van der Waals surface area contributed by atoms with Gasteiger partial charge in [-0.1, -0.05) is 40.2 Å². The monoisotopic (exact) mass is 516 g/mol. The van der Waals surface area contributed by atoms with Crippen LogP contribution >= 0.6 is 15.9 Å². The van der Waals surface area contributed by atoms with Crippen LogP contribution in [0.2, 0.25) is 0 Å². The molecule has 1 saturated carbocycles. The molecule has 168 valence electrons. The van der Waals surface area contributed by atoms with Crippen LogP contribution in [-0.4, -0.2) is 44.0 Å². The Morgan fingerprint density at radius 3 is 2.47 bits per heavy atom. The average molecular weight is 517 g/mol. The maximum atomic E-state index is 13.4. The molecular weight excluding hydrogens is 492 g/mol. The van der Waals surface area contributed by atoms with Crippen LogP contribution in [0.4, 0.5) is 5.69 Å². The van der Waals surface area contributed by atoms with E-state index in [-0.39, 0.29) is 34.8 Å². The van der Waals surface area contributed by atoms with Gasteiger partial charge in [-0.15, -0.1) is 0 Å². The van der Waals surface area contributed by atoms with Crippen LogP contribution in [-0.2, 0) is 38.8 Å². The highest BCUT2D eigenvalue weighted by Crippen LogP contribution is 2.41. The predicted molar refractivity (Wildman–Crippen MR) is 125 cm³/mol. The molecule has 0 bridgehead atoms. The number of hydrogen-bond donors (Lipinski definition) is 0. The summed E-state index contributed by atoms with van der Waals surface area (Å²) in [6.45, 7) is 1.63. The number of carbonyl (C=O) groups excluding carboxylic acids is 2. The molecule has 0 aromatic heterocycles. The maximum absolute atomic E-state index is 13.4. The summed E-state index contributed by atoms with van der Waals surface area (Å²) in [5.74, 6) is -0.381.